The molecule has 112 valence electrons. The molecule has 1 aliphatic heterocycles. The zero-order chi connectivity index (χ0) is 15.0. The van der Waals surface area contributed by atoms with Gasteiger partial charge < -0.3 is 10.2 Å². The van der Waals surface area contributed by atoms with Crippen LogP contribution in [0, 0.1) is 6.92 Å². The van der Waals surface area contributed by atoms with Crippen LogP contribution in [0.15, 0.2) is 16.7 Å². The third-order valence-corrected chi connectivity index (χ3v) is 4.32. The molecule has 6 heteroatoms. The van der Waals surface area contributed by atoms with Crippen LogP contribution in [0.4, 0.5) is 0 Å². The van der Waals surface area contributed by atoms with Gasteiger partial charge in [0.05, 0.1) is 5.69 Å². The number of carbonyl (C=O) groups excluding carboxylic acids is 1. The first kappa shape index (κ1) is 14.5. The van der Waals surface area contributed by atoms with Gasteiger partial charge in [0.15, 0.2) is 0 Å². The number of imidazole rings is 1. The number of pyridine rings is 1. The van der Waals surface area contributed by atoms with Crippen molar-refractivity contribution in [2.24, 2.45) is 0 Å². The highest BCUT2D eigenvalue weighted by Crippen LogP contribution is 2.22. The fourth-order valence-electron chi connectivity index (χ4n) is 2.81. The van der Waals surface area contributed by atoms with Crippen molar-refractivity contribution in [1.29, 1.82) is 0 Å². The van der Waals surface area contributed by atoms with Gasteiger partial charge in [-0.05, 0) is 40.9 Å². The topological polar surface area (TPSA) is 49.6 Å². The van der Waals surface area contributed by atoms with Gasteiger partial charge in [-0.15, -0.1) is 0 Å². The lowest BCUT2D eigenvalue weighted by Gasteiger charge is -2.27. The molecule has 0 atom stereocenters. The van der Waals surface area contributed by atoms with E-state index in [-0.39, 0.29) is 5.91 Å². The van der Waals surface area contributed by atoms with E-state index in [2.05, 4.69) is 26.2 Å². The second kappa shape index (κ2) is 5.77. The lowest BCUT2D eigenvalue weighted by Crippen LogP contribution is -2.46. The fraction of sp³-hybridized carbons (Fsp3) is 0.467. The van der Waals surface area contributed by atoms with E-state index in [4.69, 9.17) is 0 Å². The standard InChI is InChI=1S/C15H19BrN4O/c1-3-12-13(15(21)19-6-4-17-5-7-19)20-9-11(16)8-10(2)14(20)18-12/h8-9,17H,3-7H2,1-2H3. The maximum Gasteiger partial charge on any atom is 0.272 e. The minimum atomic E-state index is 0.0818. The summed E-state index contributed by atoms with van der Waals surface area (Å²) in [6, 6.07) is 2.03. The van der Waals surface area contributed by atoms with Gasteiger partial charge in [0, 0.05) is 36.8 Å². The summed E-state index contributed by atoms with van der Waals surface area (Å²) in [7, 11) is 0. The van der Waals surface area contributed by atoms with E-state index in [0.717, 1.165) is 54.0 Å². The molecule has 0 radical (unpaired) electrons. The van der Waals surface area contributed by atoms with Crippen LogP contribution in [0.1, 0.15) is 28.7 Å². The average Bonchev–Trinajstić information content (AvgIpc) is 2.86. The SMILES string of the molecule is CCc1nc2c(C)cc(Br)cn2c1C(=O)N1CCNCC1. The predicted octanol–water partition coefficient (Wildman–Crippen LogP) is 2.01. The third-order valence-electron chi connectivity index (χ3n) is 3.88. The van der Waals surface area contributed by atoms with Gasteiger partial charge in [-0.2, -0.15) is 0 Å². The van der Waals surface area contributed by atoms with Crippen molar-refractivity contribution in [2.75, 3.05) is 26.2 Å². The number of aromatic nitrogens is 2. The summed E-state index contributed by atoms with van der Waals surface area (Å²) in [6.45, 7) is 7.27. The molecule has 1 aliphatic rings. The molecule has 1 amide bonds. The Balaban J connectivity index is 2.13. The summed E-state index contributed by atoms with van der Waals surface area (Å²) < 4.78 is 2.89. The molecule has 0 aliphatic carbocycles. The van der Waals surface area contributed by atoms with Gasteiger partial charge in [0.25, 0.3) is 5.91 Å². The predicted molar refractivity (Wildman–Crippen MR) is 85.8 cm³/mol. The van der Waals surface area contributed by atoms with E-state index < -0.39 is 0 Å². The number of aryl methyl sites for hydroxylation is 2. The highest BCUT2D eigenvalue weighted by Gasteiger charge is 2.25. The van der Waals surface area contributed by atoms with Crippen LogP contribution in [-0.4, -0.2) is 46.4 Å². The third kappa shape index (κ3) is 2.58. The molecule has 2 aromatic rings. The van der Waals surface area contributed by atoms with Crippen molar-refractivity contribution in [1.82, 2.24) is 19.6 Å². The smallest absolute Gasteiger partial charge is 0.272 e. The number of carbonyl (C=O) groups is 1. The van der Waals surface area contributed by atoms with Gasteiger partial charge >= 0.3 is 0 Å². The number of rotatable bonds is 2. The normalized spacial score (nSPS) is 15.7. The minimum Gasteiger partial charge on any atom is -0.335 e. The molecular weight excluding hydrogens is 332 g/mol. The van der Waals surface area contributed by atoms with E-state index in [9.17, 15) is 4.79 Å². The molecule has 0 unspecified atom stereocenters. The van der Waals surface area contributed by atoms with Crippen LogP contribution in [0.2, 0.25) is 0 Å². The Morgan fingerprint density at radius 2 is 2.14 bits per heavy atom. The highest BCUT2D eigenvalue weighted by atomic mass is 79.9. The molecule has 21 heavy (non-hydrogen) atoms. The summed E-state index contributed by atoms with van der Waals surface area (Å²) in [5, 5.41) is 3.28. The number of nitrogens with one attached hydrogen (secondary N) is 1. The number of fused-ring (bicyclic) bond motifs is 1. The molecule has 0 aromatic carbocycles. The lowest BCUT2D eigenvalue weighted by atomic mass is 10.2. The molecule has 3 heterocycles. The number of amides is 1. The Bertz CT molecular complexity index is 689. The number of nitrogens with zero attached hydrogens (tertiary/aromatic N) is 3. The van der Waals surface area contributed by atoms with Gasteiger partial charge in [0.1, 0.15) is 11.3 Å². The first-order valence-corrected chi connectivity index (χ1v) is 8.08. The number of piperazine rings is 1. The van der Waals surface area contributed by atoms with E-state index in [1.165, 1.54) is 0 Å². The molecule has 3 rings (SSSR count). The Kier molecular flexibility index (Phi) is 3.99. The van der Waals surface area contributed by atoms with E-state index in [1.807, 2.05) is 35.4 Å². The molecule has 0 saturated carbocycles. The summed E-state index contributed by atoms with van der Waals surface area (Å²) in [5.41, 5.74) is 3.52. The summed E-state index contributed by atoms with van der Waals surface area (Å²) >= 11 is 3.51. The molecule has 0 bridgehead atoms. The molecule has 1 saturated heterocycles. The van der Waals surface area contributed by atoms with Crippen LogP contribution >= 0.6 is 15.9 Å². The van der Waals surface area contributed by atoms with E-state index in [0.29, 0.717) is 5.69 Å². The maximum atomic E-state index is 12.9. The van der Waals surface area contributed by atoms with Gasteiger partial charge in [-0.25, -0.2) is 4.98 Å². The second-order valence-electron chi connectivity index (χ2n) is 5.34. The fourth-order valence-corrected chi connectivity index (χ4v) is 3.35. The summed E-state index contributed by atoms with van der Waals surface area (Å²) in [5.74, 6) is 0.0818. The number of hydrogen-bond acceptors (Lipinski definition) is 3. The molecular formula is C15H19BrN4O. The Morgan fingerprint density at radius 1 is 1.43 bits per heavy atom. The van der Waals surface area contributed by atoms with E-state index in [1.54, 1.807) is 0 Å². The van der Waals surface area contributed by atoms with Crippen molar-refractivity contribution in [2.45, 2.75) is 20.3 Å². The van der Waals surface area contributed by atoms with Crippen LogP contribution in [0.25, 0.3) is 5.65 Å². The molecule has 0 spiro atoms. The zero-order valence-electron chi connectivity index (χ0n) is 12.3. The molecule has 5 nitrogen and oxygen atoms in total. The Hall–Kier alpha value is -1.40. The first-order chi connectivity index (χ1) is 10.1. The zero-order valence-corrected chi connectivity index (χ0v) is 13.9. The van der Waals surface area contributed by atoms with Crippen molar-refractivity contribution < 1.29 is 4.79 Å². The monoisotopic (exact) mass is 350 g/mol. The van der Waals surface area contributed by atoms with Crippen LogP contribution in [-0.2, 0) is 6.42 Å². The first-order valence-electron chi connectivity index (χ1n) is 7.29. The van der Waals surface area contributed by atoms with Gasteiger partial charge in [-0.1, -0.05) is 6.92 Å². The van der Waals surface area contributed by atoms with Gasteiger partial charge in [-0.3, -0.25) is 9.20 Å². The van der Waals surface area contributed by atoms with Gasteiger partial charge in [0.2, 0.25) is 0 Å². The number of hydrogen-bond donors (Lipinski definition) is 1. The number of halogens is 1. The largest absolute Gasteiger partial charge is 0.335 e. The molecule has 1 N–H and O–H groups in total. The minimum absolute atomic E-state index is 0.0818. The Morgan fingerprint density at radius 3 is 2.81 bits per heavy atom. The second-order valence-corrected chi connectivity index (χ2v) is 6.25. The maximum absolute atomic E-state index is 12.9. The van der Waals surface area contributed by atoms with E-state index >= 15 is 0 Å². The summed E-state index contributed by atoms with van der Waals surface area (Å²) in [6.07, 6.45) is 2.69. The van der Waals surface area contributed by atoms with Crippen molar-refractivity contribution >= 4 is 27.5 Å². The quantitative estimate of drug-likeness (QED) is 0.901. The molecule has 2 aromatic heterocycles. The summed E-state index contributed by atoms with van der Waals surface area (Å²) in [4.78, 5) is 19.5. The molecule has 1 fully saturated rings. The highest BCUT2D eigenvalue weighted by molar-refractivity contribution is 9.10. The van der Waals surface area contributed by atoms with Crippen molar-refractivity contribution in [3.8, 4) is 0 Å². The van der Waals surface area contributed by atoms with Crippen LogP contribution in [0.3, 0.4) is 0 Å². The lowest BCUT2D eigenvalue weighted by molar-refractivity contribution is 0.0727. The van der Waals surface area contributed by atoms with Crippen LogP contribution < -0.4 is 5.32 Å². The average molecular weight is 351 g/mol. The van der Waals surface area contributed by atoms with Crippen LogP contribution in [0.5, 0.6) is 0 Å². The van der Waals surface area contributed by atoms with Crippen molar-refractivity contribution in [3.63, 3.8) is 0 Å². The Labute approximate surface area is 132 Å². The van der Waals surface area contributed by atoms with Crippen molar-refractivity contribution in [3.05, 3.63) is 33.7 Å².